The van der Waals surface area contributed by atoms with E-state index >= 15 is 0 Å². The van der Waals surface area contributed by atoms with Crippen molar-refractivity contribution in [1.82, 2.24) is 9.97 Å². The van der Waals surface area contributed by atoms with Gasteiger partial charge in [-0.1, -0.05) is 11.6 Å². The lowest BCUT2D eigenvalue weighted by molar-refractivity contribution is 0.0701. The topological polar surface area (TPSA) is 75.1 Å². The van der Waals surface area contributed by atoms with Crippen molar-refractivity contribution in [2.75, 3.05) is 5.32 Å². The molecule has 0 fully saturated rings. The van der Waals surface area contributed by atoms with Crippen LogP contribution in [0.2, 0.25) is 5.02 Å². The van der Waals surface area contributed by atoms with E-state index in [1.54, 1.807) is 13.0 Å². The normalized spacial score (nSPS) is 10.9. The lowest BCUT2D eigenvalue weighted by Crippen LogP contribution is -1.98. The van der Waals surface area contributed by atoms with Crippen LogP contribution in [0.5, 0.6) is 0 Å². The van der Waals surface area contributed by atoms with Gasteiger partial charge >= 0.3 is 5.97 Å². The number of carboxylic acids is 1. The number of halogens is 1. The summed E-state index contributed by atoms with van der Waals surface area (Å²) in [5.74, 6) is -0.356. The number of nitrogens with zero attached hydrogens (tertiary/aromatic N) is 2. The van der Waals surface area contributed by atoms with Crippen molar-refractivity contribution < 1.29 is 9.90 Å². The first kappa shape index (κ1) is 14.7. The number of aryl methyl sites for hydroxylation is 2. The number of rotatable bonds is 3. The van der Waals surface area contributed by atoms with Crippen molar-refractivity contribution in [2.45, 2.75) is 13.8 Å². The van der Waals surface area contributed by atoms with E-state index < -0.39 is 5.97 Å². The zero-order chi connectivity index (χ0) is 15.9. The summed E-state index contributed by atoms with van der Waals surface area (Å²) in [6, 6.07) is 5.51. The number of fused-ring (bicyclic) bond motifs is 1. The number of anilines is 2. The Bertz CT molecular complexity index is 892. The standard InChI is InChI=1S/C15H12ClN3O2S/c1-7-5-9(16)3-4-10(7)19-13-11-8(2)12(15(20)21)22-14(11)18-6-17-13/h3-6H,1-2H3,(H,20,21)(H,17,18,19). The van der Waals surface area contributed by atoms with Crippen LogP contribution in [0.3, 0.4) is 0 Å². The number of carboxylic acid groups (broad SMARTS) is 1. The highest BCUT2D eigenvalue weighted by atomic mass is 35.5. The molecule has 3 aromatic rings. The SMILES string of the molecule is Cc1cc(Cl)ccc1Nc1ncnc2sc(C(=O)O)c(C)c12. The molecule has 0 bridgehead atoms. The van der Waals surface area contributed by atoms with Crippen LogP contribution in [0, 0.1) is 13.8 Å². The Kier molecular flexibility index (Phi) is 3.72. The number of hydrogen-bond donors (Lipinski definition) is 2. The lowest BCUT2D eigenvalue weighted by atomic mass is 10.1. The number of carbonyl (C=O) groups is 1. The zero-order valence-corrected chi connectivity index (χ0v) is 13.4. The molecule has 0 radical (unpaired) electrons. The van der Waals surface area contributed by atoms with Crippen molar-refractivity contribution in [3.8, 4) is 0 Å². The maximum Gasteiger partial charge on any atom is 0.346 e. The van der Waals surface area contributed by atoms with E-state index in [-0.39, 0.29) is 4.88 Å². The Balaban J connectivity index is 2.13. The van der Waals surface area contributed by atoms with Gasteiger partial charge in [0.15, 0.2) is 0 Å². The molecule has 2 N–H and O–H groups in total. The van der Waals surface area contributed by atoms with Crippen molar-refractivity contribution in [1.29, 1.82) is 0 Å². The molecule has 0 atom stereocenters. The summed E-state index contributed by atoms with van der Waals surface area (Å²) in [5, 5.41) is 13.9. The van der Waals surface area contributed by atoms with Gasteiger partial charge in [0, 0.05) is 10.7 Å². The van der Waals surface area contributed by atoms with Crippen molar-refractivity contribution in [2.24, 2.45) is 0 Å². The maximum absolute atomic E-state index is 11.3. The molecule has 0 saturated carbocycles. The van der Waals surface area contributed by atoms with E-state index in [0.717, 1.165) is 28.0 Å². The molecule has 0 amide bonds. The summed E-state index contributed by atoms with van der Waals surface area (Å²) >= 11 is 7.11. The second-order valence-electron chi connectivity index (χ2n) is 4.85. The van der Waals surface area contributed by atoms with Crippen LogP contribution < -0.4 is 5.32 Å². The monoisotopic (exact) mass is 333 g/mol. The van der Waals surface area contributed by atoms with Gasteiger partial charge in [0.25, 0.3) is 0 Å². The molecule has 112 valence electrons. The van der Waals surface area contributed by atoms with Gasteiger partial charge < -0.3 is 10.4 Å². The third-order valence-electron chi connectivity index (χ3n) is 3.36. The average Bonchev–Trinajstić information content (AvgIpc) is 2.80. The van der Waals surface area contributed by atoms with Gasteiger partial charge in [-0.15, -0.1) is 11.3 Å². The Labute approximate surface area is 135 Å². The van der Waals surface area contributed by atoms with Gasteiger partial charge in [-0.25, -0.2) is 14.8 Å². The largest absolute Gasteiger partial charge is 0.477 e. The van der Waals surface area contributed by atoms with E-state index in [1.165, 1.54) is 6.33 Å². The molecular weight excluding hydrogens is 322 g/mol. The molecular formula is C15H12ClN3O2S. The maximum atomic E-state index is 11.3. The van der Waals surface area contributed by atoms with E-state index in [9.17, 15) is 9.90 Å². The number of aromatic carboxylic acids is 1. The van der Waals surface area contributed by atoms with Gasteiger partial charge in [-0.3, -0.25) is 0 Å². The predicted molar refractivity (Wildman–Crippen MR) is 88.6 cm³/mol. The summed E-state index contributed by atoms with van der Waals surface area (Å²) in [6.07, 6.45) is 1.43. The number of benzene rings is 1. The molecule has 0 spiro atoms. The molecule has 0 aliphatic rings. The second-order valence-corrected chi connectivity index (χ2v) is 6.28. The minimum absolute atomic E-state index is 0.284. The van der Waals surface area contributed by atoms with E-state index in [4.69, 9.17) is 11.6 Å². The van der Waals surface area contributed by atoms with Gasteiger partial charge in [0.1, 0.15) is 21.9 Å². The van der Waals surface area contributed by atoms with Crippen LogP contribution in [0.4, 0.5) is 11.5 Å². The van der Waals surface area contributed by atoms with Crippen LogP contribution >= 0.6 is 22.9 Å². The lowest BCUT2D eigenvalue weighted by Gasteiger charge is -2.10. The Morgan fingerprint density at radius 2 is 2.09 bits per heavy atom. The minimum Gasteiger partial charge on any atom is -0.477 e. The Hall–Kier alpha value is -2.18. The highest BCUT2D eigenvalue weighted by molar-refractivity contribution is 7.20. The molecule has 22 heavy (non-hydrogen) atoms. The third-order valence-corrected chi connectivity index (χ3v) is 4.79. The highest BCUT2D eigenvalue weighted by Crippen LogP contribution is 2.35. The molecule has 0 saturated heterocycles. The molecule has 0 aliphatic heterocycles. The van der Waals surface area contributed by atoms with E-state index in [0.29, 0.717) is 21.2 Å². The van der Waals surface area contributed by atoms with Gasteiger partial charge in [0.05, 0.1) is 5.39 Å². The first-order valence-electron chi connectivity index (χ1n) is 6.48. The van der Waals surface area contributed by atoms with Crippen molar-refractivity contribution in [3.63, 3.8) is 0 Å². The summed E-state index contributed by atoms with van der Waals surface area (Å²) in [6.45, 7) is 3.71. The Morgan fingerprint density at radius 1 is 1.32 bits per heavy atom. The van der Waals surface area contributed by atoms with Crippen LogP contribution in [0.1, 0.15) is 20.8 Å². The summed E-state index contributed by atoms with van der Waals surface area (Å²) in [7, 11) is 0. The van der Waals surface area contributed by atoms with Crippen LogP contribution in [-0.4, -0.2) is 21.0 Å². The fraction of sp³-hybridized carbons (Fsp3) is 0.133. The average molecular weight is 334 g/mol. The smallest absolute Gasteiger partial charge is 0.346 e. The third kappa shape index (κ3) is 2.51. The van der Waals surface area contributed by atoms with Gasteiger partial charge in [0.2, 0.25) is 0 Å². The van der Waals surface area contributed by atoms with Crippen LogP contribution in [0.25, 0.3) is 10.2 Å². The minimum atomic E-state index is -0.950. The molecule has 7 heteroatoms. The van der Waals surface area contributed by atoms with Gasteiger partial charge in [-0.05, 0) is 43.2 Å². The van der Waals surface area contributed by atoms with Crippen molar-refractivity contribution >= 4 is 50.6 Å². The molecule has 2 aromatic heterocycles. The summed E-state index contributed by atoms with van der Waals surface area (Å²) in [5.41, 5.74) is 2.51. The summed E-state index contributed by atoms with van der Waals surface area (Å²) in [4.78, 5) is 20.6. The van der Waals surface area contributed by atoms with E-state index in [1.807, 2.05) is 19.1 Å². The number of aromatic nitrogens is 2. The molecule has 0 aliphatic carbocycles. The molecule has 5 nitrogen and oxygen atoms in total. The number of thiophene rings is 1. The highest BCUT2D eigenvalue weighted by Gasteiger charge is 2.18. The first-order chi connectivity index (χ1) is 10.5. The number of hydrogen-bond acceptors (Lipinski definition) is 5. The zero-order valence-electron chi connectivity index (χ0n) is 11.8. The summed E-state index contributed by atoms with van der Waals surface area (Å²) < 4.78 is 0. The van der Waals surface area contributed by atoms with Crippen LogP contribution in [-0.2, 0) is 0 Å². The molecule has 2 heterocycles. The molecule has 3 rings (SSSR count). The molecule has 0 unspecified atom stereocenters. The number of nitrogens with one attached hydrogen (secondary N) is 1. The fourth-order valence-corrected chi connectivity index (χ4v) is 3.48. The van der Waals surface area contributed by atoms with Crippen molar-refractivity contribution in [3.05, 3.63) is 45.6 Å². The second kappa shape index (κ2) is 5.55. The first-order valence-corrected chi connectivity index (χ1v) is 7.67. The van der Waals surface area contributed by atoms with Crippen LogP contribution in [0.15, 0.2) is 24.5 Å². The Morgan fingerprint density at radius 3 is 2.77 bits per heavy atom. The van der Waals surface area contributed by atoms with E-state index in [2.05, 4.69) is 15.3 Å². The predicted octanol–water partition coefficient (Wildman–Crippen LogP) is 4.40. The fourth-order valence-electron chi connectivity index (χ4n) is 2.27. The van der Waals surface area contributed by atoms with Gasteiger partial charge in [-0.2, -0.15) is 0 Å². The quantitative estimate of drug-likeness (QED) is 0.742. The molecule has 1 aromatic carbocycles.